The van der Waals surface area contributed by atoms with Crippen LogP contribution in [0.15, 0.2) is 79.5 Å². The van der Waals surface area contributed by atoms with Gasteiger partial charge in [0.05, 0.1) is 31.2 Å². The Bertz CT molecular complexity index is 1090. The minimum absolute atomic E-state index is 0.251. The van der Waals surface area contributed by atoms with E-state index in [1.165, 1.54) is 17.5 Å². The van der Waals surface area contributed by atoms with Crippen molar-refractivity contribution in [2.45, 2.75) is 18.7 Å². The Morgan fingerprint density at radius 1 is 0.812 bits per heavy atom. The predicted octanol–water partition coefficient (Wildman–Crippen LogP) is 2.59. The Balaban J connectivity index is 1.22. The molecule has 7 heteroatoms. The molecule has 1 aliphatic heterocycles. The molecule has 3 heterocycles. The fourth-order valence-electron chi connectivity index (χ4n) is 4.62. The van der Waals surface area contributed by atoms with Gasteiger partial charge in [0, 0.05) is 32.7 Å². The molecule has 1 unspecified atom stereocenters. The zero-order valence-electron chi connectivity index (χ0n) is 18.0. The van der Waals surface area contributed by atoms with E-state index in [1.807, 2.05) is 4.57 Å². The van der Waals surface area contributed by atoms with Crippen molar-refractivity contribution in [3.63, 3.8) is 0 Å². The minimum atomic E-state index is -0.479. The van der Waals surface area contributed by atoms with Gasteiger partial charge in [0.25, 0.3) is 0 Å². The zero-order chi connectivity index (χ0) is 21.8. The number of hydrogen-bond donors (Lipinski definition) is 1. The molecular weight excluding hydrogens is 400 g/mol. The Labute approximate surface area is 188 Å². The van der Waals surface area contributed by atoms with E-state index in [0.717, 1.165) is 37.3 Å². The maximum Gasteiger partial charge on any atom is 0.163 e. The number of benzene rings is 2. The summed E-state index contributed by atoms with van der Waals surface area (Å²) < 4.78 is 1.90. The molecule has 2 aromatic carbocycles. The molecule has 4 aromatic rings. The average Bonchev–Trinajstić information content (AvgIpc) is 3.24. The van der Waals surface area contributed by atoms with Crippen molar-refractivity contribution < 1.29 is 5.11 Å². The minimum Gasteiger partial charge on any atom is -0.390 e. The first-order valence-electron chi connectivity index (χ1n) is 11.1. The van der Waals surface area contributed by atoms with Crippen LogP contribution in [0.2, 0.25) is 0 Å². The van der Waals surface area contributed by atoms with Crippen LogP contribution in [-0.2, 0) is 6.54 Å². The van der Waals surface area contributed by atoms with E-state index in [9.17, 15) is 5.11 Å². The molecule has 1 saturated heterocycles. The molecule has 0 radical (unpaired) electrons. The van der Waals surface area contributed by atoms with Crippen molar-refractivity contribution in [2.75, 3.05) is 32.7 Å². The molecule has 1 N–H and O–H groups in total. The molecule has 5 rings (SSSR count). The van der Waals surface area contributed by atoms with Crippen LogP contribution >= 0.6 is 0 Å². The Morgan fingerprint density at radius 3 is 2.12 bits per heavy atom. The largest absolute Gasteiger partial charge is 0.390 e. The van der Waals surface area contributed by atoms with Crippen LogP contribution < -0.4 is 0 Å². The molecular formula is C25H28N6O. The lowest BCUT2D eigenvalue weighted by Crippen LogP contribution is -2.50. The summed E-state index contributed by atoms with van der Waals surface area (Å²) in [5, 5.41) is 10.7. The lowest BCUT2D eigenvalue weighted by Gasteiger charge is -2.40. The highest BCUT2D eigenvalue weighted by atomic mass is 16.3. The molecule has 1 aliphatic rings. The van der Waals surface area contributed by atoms with E-state index in [4.69, 9.17) is 0 Å². The van der Waals surface area contributed by atoms with Gasteiger partial charge in [-0.15, -0.1) is 0 Å². The molecule has 2 aromatic heterocycles. The second-order valence-electron chi connectivity index (χ2n) is 8.34. The number of aromatic nitrogens is 4. The van der Waals surface area contributed by atoms with Gasteiger partial charge in [-0.25, -0.2) is 15.0 Å². The SMILES string of the molecule is OC(CN1CCN(C(c2ccccc2)c2ccccc2)CC1)Cn1cnc2cncnc21. The highest BCUT2D eigenvalue weighted by Crippen LogP contribution is 2.29. The fraction of sp³-hybridized carbons (Fsp3) is 0.320. The monoisotopic (exact) mass is 428 g/mol. The van der Waals surface area contributed by atoms with Gasteiger partial charge < -0.3 is 9.67 Å². The number of nitrogens with zero attached hydrogens (tertiary/aromatic N) is 6. The maximum absolute atomic E-state index is 10.7. The molecule has 0 bridgehead atoms. The van der Waals surface area contributed by atoms with Gasteiger partial charge in [0.15, 0.2) is 5.65 Å². The van der Waals surface area contributed by atoms with Crippen molar-refractivity contribution in [1.29, 1.82) is 0 Å². The van der Waals surface area contributed by atoms with Crippen LogP contribution in [0.3, 0.4) is 0 Å². The van der Waals surface area contributed by atoms with Crippen LogP contribution in [0.1, 0.15) is 17.2 Å². The standard InChI is InChI=1S/C25H28N6O/c32-22(17-31-19-28-23-15-26-18-27-25(23)31)16-29-11-13-30(14-12-29)24(20-7-3-1-4-8-20)21-9-5-2-6-10-21/h1-10,15,18-19,22,24,32H,11-14,16-17H2. The molecule has 0 aliphatic carbocycles. The predicted molar refractivity (Wildman–Crippen MR) is 124 cm³/mol. The topological polar surface area (TPSA) is 70.3 Å². The van der Waals surface area contributed by atoms with Gasteiger partial charge in [-0.1, -0.05) is 60.7 Å². The molecule has 1 atom stereocenters. The van der Waals surface area contributed by atoms with Crippen LogP contribution in [0.4, 0.5) is 0 Å². The highest BCUT2D eigenvalue weighted by molar-refractivity contribution is 5.68. The Morgan fingerprint density at radius 2 is 1.47 bits per heavy atom. The summed E-state index contributed by atoms with van der Waals surface area (Å²) >= 11 is 0. The van der Waals surface area contributed by atoms with Crippen molar-refractivity contribution in [2.24, 2.45) is 0 Å². The van der Waals surface area contributed by atoms with Crippen molar-refractivity contribution in [1.82, 2.24) is 29.3 Å². The van der Waals surface area contributed by atoms with Gasteiger partial charge in [-0.3, -0.25) is 9.80 Å². The second-order valence-corrected chi connectivity index (χ2v) is 8.34. The van der Waals surface area contributed by atoms with Crippen LogP contribution in [0, 0.1) is 0 Å². The van der Waals surface area contributed by atoms with E-state index < -0.39 is 6.10 Å². The number of hydrogen-bond acceptors (Lipinski definition) is 6. The number of rotatable bonds is 7. The van der Waals surface area contributed by atoms with E-state index >= 15 is 0 Å². The normalized spacial score (nSPS) is 16.6. The smallest absolute Gasteiger partial charge is 0.163 e. The van der Waals surface area contributed by atoms with E-state index in [2.05, 4.69) is 85.4 Å². The summed E-state index contributed by atoms with van der Waals surface area (Å²) in [6, 6.07) is 21.7. The molecule has 164 valence electrons. The third-order valence-corrected chi connectivity index (χ3v) is 6.16. The van der Waals surface area contributed by atoms with Gasteiger partial charge >= 0.3 is 0 Å². The number of piperazine rings is 1. The quantitative estimate of drug-likeness (QED) is 0.488. The summed E-state index contributed by atoms with van der Waals surface area (Å²) in [5.74, 6) is 0. The van der Waals surface area contributed by atoms with Crippen molar-refractivity contribution >= 4 is 11.2 Å². The maximum atomic E-state index is 10.7. The van der Waals surface area contributed by atoms with Crippen molar-refractivity contribution in [3.8, 4) is 0 Å². The highest BCUT2D eigenvalue weighted by Gasteiger charge is 2.27. The molecule has 7 nitrogen and oxygen atoms in total. The van der Waals surface area contributed by atoms with Crippen LogP contribution in [-0.4, -0.2) is 73.3 Å². The molecule has 0 saturated carbocycles. The molecule has 0 spiro atoms. The number of imidazole rings is 1. The first kappa shape index (κ1) is 20.8. The third kappa shape index (κ3) is 4.55. The number of aliphatic hydroxyl groups excluding tert-OH is 1. The van der Waals surface area contributed by atoms with Crippen LogP contribution in [0.5, 0.6) is 0 Å². The number of fused-ring (bicyclic) bond motifs is 1. The second kappa shape index (κ2) is 9.56. The first-order chi connectivity index (χ1) is 15.8. The average molecular weight is 429 g/mol. The lowest BCUT2D eigenvalue weighted by molar-refractivity contribution is 0.0560. The number of aliphatic hydroxyl groups is 1. The first-order valence-corrected chi connectivity index (χ1v) is 11.1. The molecule has 1 fully saturated rings. The van der Waals surface area contributed by atoms with Crippen molar-refractivity contribution in [3.05, 3.63) is 90.6 Å². The summed E-state index contributed by atoms with van der Waals surface area (Å²) in [5.41, 5.74) is 4.15. The zero-order valence-corrected chi connectivity index (χ0v) is 18.0. The van der Waals surface area contributed by atoms with Crippen LogP contribution in [0.25, 0.3) is 11.2 Å². The summed E-state index contributed by atoms with van der Waals surface area (Å²) in [7, 11) is 0. The molecule has 0 amide bonds. The van der Waals surface area contributed by atoms with Gasteiger partial charge in [-0.05, 0) is 11.1 Å². The van der Waals surface area contributed by atoms with Gasteiger partial charge in [0.1, 0.15) is 11.8 Å². The van der Waals surface area contributed by atoms with E-state index in [-0.39, 0.29) is 6.04 Å². The van der Waals surface area contributed by atoms with E-state index in [0.29, 0.717) is 13.1 Å². The van der Waals surface area contributed by atoms with Gasteiger partial charge in [0.2, 0.25) is 0 Å². The molecule has 32 heavy (non-hydrogen) atoms. The lowest BCUT2D eigenvalue weighted by atomic mass is 9.96. The van der Waals surface area contributed by atoms with E-state index in [1.54, 1.807) is 12.5 Å². The summed E-state index contributed by atoms with van der Waals surface area (Å²) in [4.78, 5) is 17.5. The van der Waals surface area contributed by atoms with Gasteiger partial charge in [-0.2, -0.15) is 0 Å². The summed E-state index contributed by atoms with van der Waals surface area (Å²) in [6.07, 6.45) is 4.46. The number of β-amino-alcohol motifs (C(OH)–C–C–N with tert-alkyl or cyclic N) is 1. The fourth-order valence-corrected chi connectivity index (χ4v) is 4.62. The third-order valence-electron chi connectivity index (χ3n) is 6.16. The summed E-state index contributed by atoms with van der Waals surface area (Å²) in [6.45, 7) is 4.90. The Hall–Kier alpha value is -3.13. The Kier molecular flexibility index (Phi) is 6.20.